The highest BCUT2D eigenvalue weighted by Gasteiger charge is 2.11. The van der Waals surface area contributed by atoms with Crippen LogP contribution in [0, 0.1) is 3.57 Å². The fourth-order valence-electron chi connectivity index (χ4n) is 2.55. The Labute approximate surface area is 177 Å². The minimum Gasteiger partial charge on any atom is -0.494 e. The summed E-state index contributed by atoms with van der Waals surface area (Å²) in [6.07, 6.45) is 0. The number of rotatable bonds is 6. The van der Waals surface area contributed by atoms with Gasteiger partial charge in [0.15, 0.2) is 0 Å². The van der Waals surface area contributed by atoms with E-state index >= 15 is 0 Å². The molecule has 0 fully saturated rings. The molecule has 0 unspecified atom stereocenters. The molecule has 3 rings (SSSR count). The number of hydrogen-bond donors (Lipinski definition) is 2. The molecule has 6 heteroatoms. The SMILES string of the molecule is CCOc1ccc(NC(=O)c2ccc(NC(=O)c3ccccc3I)cc2)cc1. The van der Waals surface area contributed by atoms with Gasteiger partial charge in [-0.25, -0.2) is 0 Å². The van der Waals surface area contributed by atoms with E-state index in [4.69, 9.17) is 4.74 Å². The van der Waals surface area contributed by atoms with Crippen molar-refractivity contribution in [3.63, 3.8) is 0 Å². The van der Waals surface area contributed by atoms with E-state index in [-0.39, 0.29) is 11.8 Å². The van der Waals surface area contributed by atoms with Gasteiger partial charge in [-0.05, 0) is 90.2 Å². The van der Waals surface area contributed by atoms with E-state index in [0.717, 1.165) is 9.32 Å². The number of hydrogen-bond acceptors (Lipinski definition) is 3. The molecule has 3 aromatic rings. The van der Waals surface area contributed by atoms with E-state index in [2.05, 4.69) is 33.2 Å². The van der Waals surface area contributed by atoms with Gasteiger partial charge in [-0.3, -0.25) is 9.59 Å². The highest BCUT2D eigenvalue weighted by atomic mass is 127. The van der Waals surface area contributed by atoms with Gasteiger partial charge in [-0.1, -0.05) is 12.1 Å². The summed E-state index contributed by atoms with van der Waals surface area (Å²) >= 11 is 2.13. The number of halogens is 1. The van der Waals surface area contributed by atoms with Crippen LogP contribution in [0.5, 0.6) is 5.75 Å². The van der Waals surface area contributed by atoms with Crippen LogP contribution in [0.1, 0.15) is 27.6 Å². The Bertz CT molecular complexity index is 970. The summed E-state index contributed by atoms with van der Waals surface area (Å²) in [5.74, 6) is 0.352. The van der Waals surface area contributed by atoms with Crippen molar-refractivity contribution in [1.29, 1.82) is 0 Å². The fourth-order valence-corrected chi connectivity index (χ4v) is 3.19. The number of benzene rings is 3. The third-order valence-electron chi connectivity index (χ3n) is 3.95. The number of carbonyl (C=O) groups is 2. The van der Waals surface area contributed by atoms with Crippen molar-refractivity contribution >= 4 is 45.8 Å². The fraction of sp³-hybridized carbons (Fsp3) is 0.0909. The van der Waals surface area contributed by atoms with Gasteiger partial charge in [0.1, 0.15) is 5.75 Å². The van der Waals surface area contributed by atoms with Gasteiger partial charge in [0.05, 0.1) is 12.2 Å². The molecular weight excluding hydrogens is 467 g/mol. The van der Waals surface area contributed by atoms with E-state index in [1.807, 2.05) is 37.3 Å². The van der Waals surface area contributed by atoms with E-state index in [0.29, 0.717) is 29.1 Å². The Kier molecular flexibility index (Phi) is 6.65. The second-order valence-electron chi connectivity index (χ2n) is 5.92. The third-order valence-corrected chi connectivity index (χ3v) is 4.89. The highest BCUT2D eigenvalue weighted by Crippen LogP contribution is 2.18. The van der Waals surface area contributed by atoms with Crippen LogP contribution in [0.15, 0.2) is 72.8 Å². The molecular formula is C22H19IN2O3. The number of carbonyl (C=O) groups excluding carboxylic acids is 2. The lowest BCUT2D eigenvalue weighted by Crippen LogP contribution is -2.14. The molecule has 0 aliphatic rings. The molecule has 142 valence electrons. The predicted molar refractivity (Wildman–Crippen MR) is 119 cm³/mol. The zero-order valence-corrected chi connectivity index (χ0v) is 17.4. The lowest BCUT2D eigenvalue weighted by molar-refractivity contribution is 0.101. The maximum absolute atomic E-state index is 12.4. The quantitative estimate of drug-likeness (QED) is 0.471. The normalized spacial score (nSPS) is 10.2. The predicted octanol–water partition coefficient (Wildman–Crippen LogP) is 5.19. The zero-order valence-electron chi connectivity index (χ0n) is 15.2. The van der Waals surface area contributed by atoms with Crippen molar-refractivity contribution in [3.05, 3.63) is 87.5 Å². The maximum Gasteiger partial charge on any atom is 0.256 e. The van der Waals surface area contributed by atoms with Crippen LogP contribution in [0.25, 0.3) is 0 Å². The van der Waals surface area contributed by atoms with Crippen LogP contribution in [-0.4, -0.2) is 18.4 Å². The second-order valence-corrected chi connectivity index (χ2v) is 7.09. The Morgan fingerprint density at radius 1 is 0.821 bits per heavy atom. The minimum atomic E-state index is -0.223. The highest BCUT2D eigenvalue weighted by molar-refractivity contribution is 14.1. The lowest BCUT2D eigenvalue weighted by atomic mass is 10.1. The molecule has 0 saturated heterocycles. The van der Waals surface area contributed by atoms with Gasteiger partial charge >= 0.3 is 0 Å². The number of nitrogens with one attached hydrogen (secondary N) is 2. The first-order valence-electron chi connectivity index (χ1n) is 8.77. The largest absolute Gasteiger partial charge is 0.494 e. The average Bonchev–Trinajstić information content (AvgIpc) is 2.70. The first kappa shape index (κ1) is 19.9. The standard InChI is InChI=1S/C22H19IN2O3/c1-2-28-18-13-11-17(12-14-18)24-21(26)15-7-9-16(10-8-15)25-22(27)19-5-3-4-6-20(19)23/h3-14H,2H2,1H3,(H,24,26)(H,25,27). The van der Waals surface area contributed by atoms with Gasteiger partial charge < -0.3 is 15.4 Å². The summed E-state index contributed by atoms with van der Waals surface area (Å²) in [6, 6.07) is 21.3. The summed E-state index contributed by atoms with van der Waals surface area (Å²) in [5, 5.41) is 5.68. The number of anilines is 2. The molecule has 0 atom stereocenters. The molecule has 28 heavy (non-hydrogen) atoms. The Morgan fingerprint density at radius 2 is 1.39 bits per heavy atom. The summed E-state index contributed by atoms with van der Waals surface area (Å²) in [4.78, 5) is 24.8. The van der Waals surface area contributed by atoms with E-state index < -0.39 is 0 Å². The van der Waals surface area contributed by atoms with Crippen molar-refractivity contribution in [1.82, 2.24) is 0 Å². The molecule has 0 bridgehead atoms. The molecule has 0 spiro atoms. The van der Waals surface area contributed by atoms with Gasteiger partial charge in [0.2, 0.25) is 0 Å². The van der Waals surface area contributed by atoms with Crippen LogP contribution in [0.3, 0.4) is 0 Å². The molecule has 0 radical (unpaired) electrons. The molecule has 3 aromatic carbocycles. The van der Waals surface area contributed by atoms with Crippen molar-refractivity contribution in [2.45, 2.75) is 6.92 Å². The molecule has 5 nitrogen and oxygen atoms in total. The van der Waals surface area contributed by atoms with Crippen molar-refractivity contribution in [2.24, 2.45) is 0 Å². The Hall–Kier alpha value is -2.87. The van der Waals surface area contributed by atoms with Gasteiger partial charge in [-0.15, -0.1) is 0 Å². The molecule has 0 aromatic heterocycles. The van der Waals surface area contributed by atoms with Crippen LogP contribution in [-0.2, 0) is 0 Å². The average molecular weight is 486 g/mol. The maximum atomic E-state index is 12.4. The second kappa shape index (κ2) is 9.36. The van der Waals surface area contributed by atoms with E-state index in [1.54, 1.807) is 42.5 Å². The number of ether oxygens (including phenoxy) is 1. The smallest absolute Gasteiger partial charge is 0.256 e. The number of amides is 2. The van der Waals surface area contributed by atoms with Gasteiger partial charge in [0.25, 0.3) is 11.8 Å². The lowest BCUT2D eigenvalue weighted by Gasteiger charge is -2.09. The third kappa shape index (κ3) is 5.10. The van der Waals surface area contributed by atoms with Crippen LogP contribution < -0.4 is 15.4 Å². The molecule has 2 N–H and O–H groups in total. The van der Waals surface area contributed by atoms with Crippen LogP contribution in [0.2, 0.25) is 0 Å². The van der Waals surface area contributed by atoms with Crippen LogP contribution >= 0.6 is 22.6 Å². The summed E-state index contributed by atoms with van der Waals surface area (Å²) in [6.45, 7) is 2.51. The van der Waals surface area contributed by atoms with E-state index in [1.165, 1.54) is 0 Å². The topological polar surface area (TPSA) is 67.4 Å². The van der Waals surface area contributed by atoms with Crippen molar-refractivity contribution < 1.29 is 14.3 Å². The first-order valence-corrected chi connectivity index (χ1v) is 9.85. The first-order chi connectivity index (χ1) is 13.6. The summed E-state index contributed by atoms with van der Waals surface area (Å²) in [7, 11) is 0. The molecule has 0 aliphatic carbocycles. The molecule has 2 amide bonds. The summed E-state index contributed by atoms with van der Waals surface area (Å²) < 4.78 is 6.27. The van der Waals surface area contributed by atoms with Crippen molar-refractivity contribution in [2.75, 3.05) is 17.2 Å². The van der Waals surface area contributed by atoms with E-state index in [9.17, 15) is 9.59 Å². The zero-order chi connectivity index (χ0) is 19.9. The Morgan fingerprint density at radius 3 is 2.00 bits per heavy atom. The Balaban J connectivity index is 1.62. The minimum absolute atomic E-state index is 0.184. The molecule has 0 saturated carbocycles. The van der Waals surface area contributed by atoms with Gasteiger partial charge in [0, 0.05) is 20.5 Å². The van der Waals surface area contributed by atoms with Crippen molar-refractivity contribution in [3.8, 4) is 5.75 Å². The molecule has 0 heterocycles. The molecule has 0 aliphatic heterocycles. The van der Waals surface area contributed by atoms with Gasteiger partial charge in [-0.2, -0.15) is 0 Å². The van der Waals surface area contributed by atoms with Crippen LogP contribution in [0.4, 0.5) is 11.4 Å². The monoisotopic (exact) mass is 486 g/mol. The summed E-state index contributed by atoms with van der Waals surface area (Å²) in [5.41, 5.74) is 2.42.